The Labute approximate surface area is 121 Å². The minimum atomic E-state index is 0.629. The molecule has 0 nitrogen and oxygen atoms in total. The van der Waals surface area contributed by atoms with Gasteiger partial charge in [-0.1, -0.05) is 67.5 Å². The highest BCUT2D eigenvalue weighted by Gasteiger charge is 2.32. The molecule has 4 rings (SSSR count). The molecule has 0 heteroatoms. The molecular weight excluding hydrogens is 240 g/mol. The van der Waals surface area contributed by atoms with Gasteiger partial charge in [-0.15, -0.1) is 0 Å². The van der Waals surface area contributed by atoms with Crippen molar-refractivity contribution in [1.82, 2.24) is 0 Å². The summed E-state index contributed by atoms with van der Waals surface area (Å²) in [4.78, 5) is 0. The van der Waals surface area contributed by atoms with Gasteiger partial charge in [-0.25, -0.2) is 0 Å². The maximum absolute atomic E-state index is 2.35. The minimum Gasteiger partial charge on any atom is -0.0622 e. The quantitative estimate of drug-likeness (QED) is 0.573. The second-order valence-electron chi connectivity index (χ2n) is 6.00. The van der Waals surface area contributed by atoms with Crippen LogP contribution in [0.15, 0.2) is 65.8 Å². The lowest BCUT2D eigenvalue weighted by Gasteiger charge is -2.23. The smallest absolute Gasteiger partial charge is 0.0104 e. The average molecular weight is 260 g/mol. The molecule has 100 valence electrons. The van der Waals surface area contributed by atoms with E-state index in [9.17, 15) is 0 Å². The second-order valence-corrected chi connectivity index (χ2v) is 6.00. The summed E-state index contributed by atoms with van der Waals surface area (Å²) in [7, 11) is 0. The van der Waals surface area contributed by atoms with Crippen LogP contribution in [0.2, 0.25) is 0 Å². The summed E-state index contributed by atoms with van der Waals surface area (Å²) in [5.41, 5.74) is 7.68. The third-order valence-corrected chi connectivity index (χ3v) is 4.83. The van der Waals surface area contributed by atoms with Gasteiger partial charge in [-0.2, -0.15) is 0 Å². The van der Waals surface area contributed by atoms with E-state index in [2.05, 4.69) is 54.6 Å². The summed E-state index contributed by atoms with van der Waals surface area (Å²) in [5, 5.41) is 0. The Morgan fingerprint density at radius 2 is 1.85 bits per heavy atom. The van der Waals surface area contributed by atoms with Gasteiger partial charge in [0.1, 0.15) is 0 Å². The lowest BCUT2D eigenvalue weighted by atomic mass is 9.81. The van der Waals surface area contributed by atoms with Crippen LogP contribution in [0.25, 0.3) is 5.57 Å². The number of benzene rings is 1. The van der Waals surface area contributed by atoms with Crippen LogP contribution in [-0.2, 0) is 0 Å². The molecule has 0 saturated heterocycles. The summed E-state index contributed by atoms with van der Waals surface area (Å²) in [6.45, 7) is 0. The molecule has 0 radical (unpaired) electrons. The van der Waals surface area contributed by atoms with E-state index < -0.39 is 0 Å². The predicted molar refractivity (Wildman–Crippen MR) is 85.6 cm³/mol. The zero-order chi connectivity index (χ0) is 13.4. The zero-order valence-electron chi connectivity index (χ0n) is 11.8. The predicted octanol–water partition coefficient (Wildman–Crippen LogP) is 5.55. The van der Waals surface area contributed by atoms with Crippen LogP contribution in [0.5, 0.6) is 0 Å². The molecule has 3 aliphatic rings. The Kier molecular flexibility index (Phi) is 2.95. The van der Waals surface area contributed by atoms with E-state index in [4.69, 9.17) is 0 Å². The molecule has 0 spiro atoms. The maximum Gasteiger partial charge on any atom is 0.0104 e. The zero-order valence-corrected chi connectivity index (χ0v) is 11.8. The van der Waals surface area contributed by atoms with Gasteiger partial charge >= 0.3 is 0 Å². The molecule has 0 bridgehead atoms. The van der Waals surface area contributed by atoms with E-state index in [0.29, 0.717) is 5.92 Å². The van der Waals surface area contributed by atoms with Gasteiger partial charge in [0.2, 0.25) is 0 Å². The molecule has 1 saturated carbocycles. The highest BCUT2D eigenvalue weighted by molar-refractivity contribution is 5.88. The maximum atomic E-state index is 2.35. The fourth-order valence-electron chi connectivity index (χ4n) is 3.95. The third kappa shape index (κ3) is 1.83. The summed E-state index contributed by atoms with van der Waals surface area (Å²) < 4.78 is 0. The van der Waals surface area contributed by atoms with Crippen molar-refractivity contribution in [3.05, 3.63) is 76.9 Å². The molecule has 0 N–H and O–H groups in total. The van der Waals surface area contributed by atoms with Crippen molar-refractivity contribution in [2.24, 2.45) is 0 Å². The second kappa shape index (κ2) is 4.94. The van der Waals surface area contributed by atoms with Gasteiger partial charge in [0.15, 0.2) is 0 Å². The van der Waals surface area contributed by atoms with E-state index in [1.54, 1.807) is 16.7 Å². The number of hydrogen-bond donors (Lipinski definition) is 0. The number of rotatable bonds is 0. The number of hydrogen-bond acceptors (Lipinski definition) is 0. The fraction of sp³-hybridized carbons (Fsp3) is 0.300. The molecule has 3 aliphatic carbocycles. The summed E-state index contributed by atoms with van der Waals surface area (Å²) in [5.74, 6) is 0.629. The van der Waals surface area contributed by atoms with E-state index in [-0.39, 0.29) is 0 Å². The van der Waals surface area contributed by atoms with Crippen molar-refractivity contribution in [3.63, 3.8) is 0 Å². The first-order valence-electron chi connectivity index (χ1n) is 7.83. The minimum absolute atomic E-state index is 0.629. The van der Waals surface area contributed by atoms with E-state index >= 15 is 0 Å². The van der Waals surface area contributed by atoms with Crippen molar-refractivity contribution in [2.45, 2.75) is 38.0 Å². The van der Waals surface area contributed by atoms with Crippen molar-refractivity contribution in [2.75, 3.05) is 0 Å². The first kappa shape index (κ1) is 12.0. The van der Waals surface area contributed by atoms with Gasteiger partial charge in [0.05, 0.1) is 0 Å². The highest BCUT2D eigenvalue weighted by atomic mass is 14.4. The van der Waals surface area contributed by atoms with Crippen molar-refractivity contribution in [1.29, 1.82) is 0 Å². The molecule has 1 fully saturated rings. The Bertz CT molecular complexity index is 652. The Hall–Kier alpha value is -1.82. The van der Waals surface area contributed by atoms with Gasteiger partial charge in [-0.3, -0.25) is 0 Å². The van der Waals surface area contributed by atoms with Gasteiger partial charge < -0.3 is 0 Å². The van der Waals surface area contributed by atoms with Crippen LogP contribution >= 0.6 is 0 Å². The van der Waals surface area contributed by atoms with E-state index in [1.165, 1.54) is 43.2 Å². The third-order valence-electron chi connectivity index (χ3n) is 4.83. The van der Waals surface area contributed by atoms with E-state index in [1.807, 2.05) is 0 Å². The van der Waals surface area contributed by atoms with Crippen LogP contribution in [0, 0.1) is 0 Å². The Morgan fingerprint density at radius 3 is 2.85 bits per heavy atom. The van der Waals surface area contributed by atoms with Crippen molar-refractivity contribution in [3.8, 4) is 0 Å². The van der Waals surface area contributed by atoms with Crippen LogP contribution in [-0.4, -0.2) is 0 Å². The van der Waals surface area contributed by atoms with Crippen LogP contribution in [0.3, 0.4) is 0 Å². The first-order valence-corrected chi connectivity index (χ1v) is 7.83. The Balaban J connectivity index is 1.95. The van der Waals surface area contributed by atoms with Crippen LogP contribution in [0.4, 0.5) is 0 Å². The molecular formula is C20H20. The molecule has 1 atom stereocenters. The summed E-state index contributed by atoms with van der Waals surface area (Å²) in [6.07, 6.45) is 17.8. The van der Waals surface area contributed by atoms with Crippen molar-refractivity contribution < 1.29 is 0 Å². The fourth-order valence-corrected chi connectivity index (χ4v) is 3.95. The Morgan fingerprint density at radius 1 is 0.900 bits per heavy atom. The lowest BCUT2D eigenvalue weighted by Crippen LogP contribution is -2.05. The molecule has 0 aromatic heterocycles. The average Bonchev–Trinajstić information content (AvgIpc) is 2.72. The number of allylic oxidation sites excluding steroid dienone is 8. The van der Waals surface area contributed by atoms with E-state index in [0.717, 1.165) is 0 Å². The molecule has 1 aromatic carbocycles. The molecule has 0 heterocycles. The van der Waals surface area contributed by atoms with Crippen LogP contribution < -0.4 is 0 Å². The normalized spacial score (nSPS) is 24.2. The molecule has 1 aromatic rings. The summed E-state index contributed by atoms with van der Waals surface area (Å²) in [6, 6.07) is 9.02. The summed E-state index contributed by atoms with van der Waals surface area (Å²) >= 11 is 0. The molecule has 1 unspecified atom stereocenters. The first-order chi connectivity index (χ1) is 9.95. The van der Waals surface area contributed by atoms with Crippen LogP contribution in [0.1, 0.15) is 49.1 Å². The standard InChI is InChI=1S/C20H20/c1-3-9-15-10-4-2-6-14-19-17-12-8-7-11-16(17)18(13-5-1)20(15)19/h1,3,5,7-9,11-13,19H,2,4,6,10,14H2. The monoisotopic (exact) mass is 260 g/mol. The van der Waals surface area contributed by atoms with Gasteiger partial charge in [0, 0.05) is 5.92 Å². The van der Waals surface area contributed by atoms with Gasteiger partial charge in [-0.05, 0) is 47.1 Å². The lowest BCUT2D eigenvalue weighted by molar-refractivity contribution is 0.576. The number of fused-ring (bicyclic) bond motifs is 3. The molecule has 20 heavy (non-hydrogen) atoms. The van der Waals surface area contributed by atoms with Crippen molar-refractivity contribution >= 4 is 5.57 Å². The molecule has 0 amide bonds. The highest BCUT2D eigenvalue weighted by Crippen LogP contribution is 2.50. The largest absolute Gasteiger partial charge is 0.0622 e. The molecule has 0 aliphatic heterocycles. The van der Waals surface area contributed by atoms with Gasteiger partial charge in [0.25, 0.3) is 0 Å². The topological polar surface area (TPSA) is 0 Å². The SMILES string of the molecule is C1=CC=C2CCCCCC3C2=C(C=C1)c1ccccc13.